The van der Waals surface area contributed by atoms with Crippen molar-refractivity contribution in [2.75, 3.05) is 13.6 Å². The lowest BCUT2D eigenvalue weighted by Gasteiger charge is -2.48. The predicted octanol–water partition coefficient (Wildman–Crippen LogP) is 2.71. The Bertz CT molecular complexity index is 436. The summed E-state index contributed by atoms with van der Waals surface area (Å²) in [4.78, 5) is 2.43. The molecule has 0 spiro atoms. The van der Waals surface area contributed by atoms with Gasteiger partial charge in [-0.1, -0.05) is 29.8 Å². The van der Waals surface area contributed by atoms with E-state index >= 15 is 0 Å². The molecule has 0 aromatic heterocycles. The van der Waals surface area contributed by atoms with Crippen molar-refractivity contribution in [3.63, 3.8) is 0 Å². The third kappa shape index (κ3) is 3.40. The molecular formula is C17H28N2O. The molecule has 1 aliphatic heterocycles. The Morgan fingerprint density at radius 2 is 1.95 bits per heavy atom. The van der Waals surface area contributed by atoms with E-state index in [1.165, 1.54) is 11.1 Å². The zero-order valence-corrected chi connectivity index (χ0v) is 13.2. The van der Waals surface area contributed by atoms with Crippen LogP contribution in [0, 0.1) is 6.92 Å². The molecule has 0 bridgehead atoms. The molecule has 1 aromatic carbocycles. The summed E-state index contributed by atoms with van der Waals surface area (Å²) in [5.74, 6) is 0. The van der Waals surface area contributed by atoms with Gasteiger partial charge < -0.3 is 10.5 Å². The van der Waals surface area contributed by atoms with E-state index in [0.29, 0.717) is 6.54 Å². The number of rotatable bonds is 4. The van der Waals surface area contributed by atoms with Crippen molar-refractivity contribution in [1.82, 2.24) is 4.90 Å². The maximum Gasteiger partial charge on any atom is 0.0568 e. The third-order valence-electron chi connectivity index (χ3n) is 4.49. The number of ether oxygens (including phenoxy) is 1. The van der Waals surface area contributed by atoms with Gasteiger partial charge in [0.05, 0.1) is 12.2 Å². The molecule has 1 saturated heterocycles. The number of nitrogens with two attached hydrogens (primary N) is 1. The topological polar surface area (TPSA) is 38.5 Å². The monoisotopic (exact) mass is 276 g/mol. The average molecular weight is 276 g/mol. The Labute approximate surface area is 123 Å². The highest BCUT2D eigenvalue weighted by molar-refractivity contribution is 5.22. The molecule has 1 fully saturated rings. The number of hydrogen-bond donors (Lipinski definition) is 1. The zero-order valence-electron chi connectivity index (χ0n) is 13.2. The fraction of sp³-hybridized carbons (Fsp3) is 0.647. The Kier molecular flexibility index (Phi) is 4.84. The second kappa shape index (κ2) is 6.25. The van der Waals surface area contributed by atoms with Crippen molar-refractivity contribution in [3.05, 3.63) is 35.4 Å². The summed E-state index contributed by atoms with van der Waals surface area (Å²) in [6.45, 7) is 8.08. The summed E-state index contributed by atoms with van der Waals surface area (Å²) < 4.78 is 5.88. The molecule has 1 aliphatic rings. The van der Waals surface area contributed by atoms with Crippen LogP contribution < -0.4 is 5.73 Å². The van der Waals surface area contributed by atoms with E-state index in [1.807, 2.05) is 0 Å². The van der Waals surface area contributed by atoms with E-state index < -0.39 is 0 Å². The number of aryl methyl sites for hydroxylation is 1. The average Bonchev–Trinajstić information content (AvgIpc) is 2.37. The van der Waals surface area contributed by atoms with Crippen LogP contribution >= 0.6 is 0 Å². The highest BCUT2D eigenvalue weighted by Crippen LogP contribution is 2.33. The minimum absolute atomic E-state index is 0.0564. The Balaban J connectivity index is 2.14. The maximum atomic E-state index is 6.15. The minimum atomic E-state index is 0.0564. The van der Waals surface area contributed by atoms with E-state index in [1.54, 1.807) is 0 Å². The standard InChI is InChI=1S/C17H28N2O/c1-13-6-5-7-16(8-13)11-19(4)17(12-18)9-14(2)20-15(3)10-17/h5-8,14-15H,9-12,18H2,1-4H3. The molecule has 2 N–H and O–H groups in total. The van der Waals surface area contributed by atoms with Gasteiger partial charge in [-0.2, -0.15) is 0 Å². The van der Waals surface area contributed by atoms with Gasteiger partial charge in [0.25, 0.3) is 0 Å². The van der Waals surface area contributed by atoms with Crippen molar-refractivity contribution in [1.29, 1.82) is 0 Å². The molecule has 1 heterocycles. The molecule has 0 radical (unpaired) electrons. The molecule has 2 unspecified atom stereocenters. The van der Waals surface area contributed by atoms with Crippen LogP contribution in [0.1, 0.15) is 37.8 Å². The van der Waals surface area contributed by atoms with Crippen molar-refractivity contribution >= 4 is 0 Å². The molecule has 2 rings (SSSR count). The summed E-state index contributed by atoms with van der Waals surface area (Å²) in [7, 11) is 2.19. The molecule has 112 valence electrons. The number of likely N-dealkylation sites (N-methyl/N-ethyl adjacent to an activating group) is 1. The lowest BCUT2D eigenvalue weighted by Crippen LogP contribution is -2.58. The molecule has 3 heteroatoms. The van der Waals surface area contributed by atoms with Crippen LogP contribution in [0.4, 0.5) is 0 Å². The van der Waals surface area contributed by atoms with Gasteiger partial charge in [0, 0.05) is 18.6 Å². The van der Waals surface area contributed by atoms with Crippen LogP contribution in [-0.2, 0) is 11.3 Å². The molecule has 0 amide bonds. The molecule has 2 atom stereocenters. The van der Waals surface area contributed by atoms with Crippen molar-refractivity contribution < 1.29 is 4.74 Å². The zero-order chi connectivity index (χ0) is 14.8. The largest absolute Gasteiger partial charge is 0.375 e. The van der Waals surface area contributed by atoms with Crippen molar-refractivity contribution in [3.8, 4) is 0 Å². The summed E-state index contributed by atoms with van der Waals surface area (Å²) in [5.41, 5.74) is 8.87. The maximum absolute atomic E-state index is 6.15. The van der Waals surface area contributed by atoms with E-state index in [2.05, 4.69) is 57.0 Å². The van der Waals surface area contributed by atoms with Gasteiger partial charge in [0.2, 0.25) is 0 Å². The van der Waals surface area contributed by atoms with E-state index in [-0.39, 0.29) is 17.7 Å². The fourth-order valence-electron chi connectivity index (χ4n) is 3.53. The van der Waals surface area contributed by atoms with Gasteiger partial charge in [-0.25, -0.2) is 0 Å². The van der Waals surface area contributed by atoms with Crippen LogP contribution in [-0.4, -0.2) is 36.2 Å². The number of benzene rings is 1. The van der Waals surface area contributed by atoms with Crippen LogP contribution in [0.15, 0.2) is 24.3 Å². The van der Waals surface area contributed by atoms with Crippen LogP contribution in [0.5, 0.6) is 0 Å². The number of hydrogen-bond acceptors (Lipinski definition) is 3. The van der Waals surface area contributed by atoms with Crippen molar-refractivity contribution in [2.24, 2.45) is 5.73 Å². The first-order chi connectivity index (χ1) is 9.45. The second-order valence-corrected chi connectivity index (χ2v) is 6.44. The predicted molar refractivity (Wildman–Crippen MR) is 83.7 cm³/mol. The minimum Gasteiger partial charge on any atom is -0.375 e. The lowest BCUT2D eigenvalue weighted by molar-refractivity contribution is -0.0993. The van der Waals surface area contributed by atoms with E-state index in [4.69, 9.17) is 10.5 Å². The van der Waals surface area contributed by atoms with Crippen LogP contribution in [0.25, 0.3) is 0 Å². The third-order valence-corrected chi connectivity index (χ3v) is 4.49. The van der Waals surface area contributed by atoms with E-state index in [9.17, 15) is 0 Å². The summed E-state index contributed by atoms with van der Waals surface area (Å²) in [6.07, 6.45) is 2.58. The molecule has 3 nitrogen and oxygen atoms in total. The van der Waals surface area contributed by atoms with Crippen LogP contribution in [0.2, 0.25) is 0 Å². The van der Waals surface area contributed by atoms with Gasteiger partial charge in [0.1, 0.15) is 0 Å². The highest BCUT2D eigenvalue weighted by atomic mass is 16.5. The Hall–Kier alpha value is -0.900. The SMILES string of the molecule is Cc1cccc(CN(C)C2(CN)CC(C)OC(C)C2)c1. The second-order valence-electron chi connectivity index (χ2n) is 6.44. The lowest BCUT2D eigenvalue weighted by atomic mass is 9.82. The molecule has 20 heavy (non-hydrogen) atoms. The van der Waals surface area contributed by atoms with Crippen LogP contribution in [0.3, 0.4) is 0 Å². The summed E-state index contributed by atoms with van der Waals surface area (Å²) in [6, 6.07) is 8.72. The quantitative estimate of drug-likeness (QED) is 0.919. The smallest absolute Gasteiger partial charge is 0.0568 e. The summed E-state index contributed by atoms with van der Waals surface area (Å²) in [5, 5.41) is 0. The molecule has 0 aliphatic carbocycles. The first-order valence-corrected chi connectivity index (χ1v) is 7.57. The molecule has 1 aromatic rings. The Morgan fingerprint density at radius 1 is 1.30 bits per heavy atom. The summed E-state index contributed by atoms with van der Waals surface area (Å²) >= 11 is 0. The normalized spacial score (nSPS) is 30.7. The Morgan fingerprint density at radius 3 is 2.50 bits per heavy atom. The van der Waals surface area contributed by atoms with Gasteiger partial charge in [-0.15, -0.1) is 0 Å². The van der Waals surface area contributed by atoms with E-state index in [0.717, 1.165) is 19.4 Å². The fourth-order valence-corrected chi connectivity index (χ4v) is 3.53. The first kappa shape index (κ1) is 15.5. The molecule has 0 saturated carbocycles. The molecular weight excluding hydrogens is 248 g/mol. The number of nitrogens with zero attached hydrogens (tertiary/aromatic N) is 1. The van der Waals surface area contributed by atoms with Gasteiger partial charge in [-0.3, -0.25) is 4.90 Å². The van der Waals surface area contributed by atoms with Gasteiger partial charge >= 0.3 is 0 Å². The van der Waals surface area contributed by atoms with Gasteiger partial charge in [0.15, 0.2) is 0 Å². The highest BCUT2D eigenvalue weighted by Gasteiger charge is 2.40. The van der Waals surface area contributed by atoms with Gasteiger partial charge in [-0.05, 0) is 46.2 Å². The van der Waals surface area contributed by atoms with Crippen molar-refractivity contribution in [2.45, 2.75) is 57.9 Å². The first-order valence-electron chi connectivity index (χ1n) is 7.57.